The highest BCUT2D eigenvalue weighted by Gasteiger charge is 2.52. The second-order valence-corrected chi connectivity index (χ2v) is 3.27. The fourth-order valence-electron chi connectivity index (χ4n) is 1.56. The predicted octanol–water partition coefficient (Wildman–Crippen LogP) is -2.21. The molecule has 0 aromatic heterocycles. The topological polar surface area (TPSA) is 116 Å². The predicted molar refractivity (Wildman–Crippen MR) is 45.6 cm³/mol. The summed E-state index contributed by atoms with van der Waals surface area (Å²) in [7, 11) is 0. The number of carbonyl (C=O) groups is 4. The van der Waals surface area contributed by atoms with Gasteiger partial charge in [0.05, 0.1) is 0 Å². The smallest absolute Gasteiger partial charge is 0.328 e. The zero-order valence-corrected chi connectivity index (χ0v) is 7.55. The average molecular weight is 212 g/mol. The quantitative estimate of drug-likeness (QED) is 0.341. The summed E-state index contributed by atoms with van der Waals surface area (Å²) >= 11 is 0. The van der Waals surface area contributed by atoms with Gasteiger partial charge in [-0.2, -0.15) is 0 Å². The summed E-state index contributed by atoms with van der Waals surface area (Å²) in [4.78, 5) is 44.8. The molecule has 0 bridgehead atoms. The van der Waals surface area contributed by atoms with Crippen LogP contribution in [0.3, 0.4) is 0 Å². The van der Waals surface area contributed by atoms with Crippen molar-refractivity contribution in [2.45, 2.75) is 12.0 Å². The summed E-state index contributed by atoms with van der Waals surface area (Å²) < 4.78 is 0. The highest BCUT2D eigenvalue weighted by atomic mass is 16.2. The van der Waals surface area contributed by atoms with Crippen LogP contribution in [-0.2, 0) is 9.59 Å². The molecule has 0 aliphatic carbocycles. The molecule has 6 amide bonds. The number of rotatable bonds is 0. The molecule has 0 saturated carbocycles. The minimum absolute atomic E-state index is 0.101. The monoisotopic (exact) mass is 212 g/mol. The molecule has 15 heavy (non-hydrogen) atoms. The number of barbiturate groups is 1. The molecule has 1 spiro atoms. The number of hydrogen-bond acceptors (Lipinski definition) is 4. The lowest BCUT2D eigenvalue weighted by molar-refractivity contribution is -0.139. The SMILES string of the molecule is O=C1NC(=O)C2(CCNC(=O)N2)C(=O)N1. The van der Waals surface area contributed by atoms with Crippen LogP contribution in [0.1, 0.15) is 6.42 Å². The number of amides is 6. The lowest BCUT2D eigenvalue weighted by atomic mass is 9.90. The Morgan fingerprint density at radius 2 is 1.53 bits per heavy atom. The van der Waals surface area contributed by atoms with Gasteiger partial charge in [0.15, 0.2) is 0 Å². The van der Waals surface area contributed by atoms with Crippen LogP contribution in [0.4, 0.5) is 9.59 Å². The Morgan fingerprint density at radius 3 is 2.07 bits per heavy atom. The van der Waals surface area contributed by atoms with E-state index in [9.17, 15) is 19.2 Å². The maximum Gasteiger partial charge on any atom is 0.328 e. The molecule has 0 radical (unpaired) electrons. The van der Waals surface area contributed by atoms with Gasteiger partial charge in [0.2, 0.25) is 5.54 Å². The van der Waals surface area contributed by atoms with E-state index in [1.165, 1.54) is 0 Å². The molecule has 8 heteroatoms. The summed E-state index contributed by atoms with van der Waals surface area (Å²) in [6, 6.07) is -1.48. The Balaban J connectivity index is 2.32. The molecule has 2 fully saturated rings. The lowest BCUT2D eigenvalue weighted by Gasteiger charge is -2.37. The normalized spacial score (nSPS) is 24.0. The number of urea groups is 2. The van der Waals surface area contributed by atoms with Crippen molar-refractivity contribution in [3.8, 4) is 0 Å². The molecule has 0 aromatic carbocycles. The highest BCUT2D eigenvalue weighted by Crippen LogP contribution is 2.16. The first-order chi connectivity index (χ1) is 7.04. The van der Waals surface area contributed by atoms with Gasteiger partial charge in [0.25, 0.3) is 11.8 Å². The van der Waals surface area contributed by atoms with Gasteiger partial charge in [-0.05, 0) is 0 Å². The van der Waals surface area contributed by atoms with Crippen LogP contribution >= 0.6 is 0 Å². The first-order valence-corrected chi connectivity index (χ1v) is 4.27. The van der Waals surface area contributed by atoms with E-state index in [0.29, 0.717) is 0 Å². The second-order valence-electron chi connectivity index (χ2n) is 3.27. The number of hydrogen-bond donors (Lipinski definition) is 4. The zero-order valence-electron chi connectivity index (χ0n) is 7.55. The summed E-state index contributed by atoms with van der Waals surface area (Å²) in [6.07, 6.45) is 0.101. The Labute approximate surface area is 83.8 Å². The van der Waals surface area contributed by atoms with E-state index in [1.807, 2.05) is 10.6 Å². The standard InChI is InChI=1S/C7H8N4O4/c12-3-7(1-2-8-5(14)11-7)4(13)10-6(15)9-3/h1-2H2,(H2,8,11,14)(H2,9,10,12,13,15). The van der Waals surface area contributed by atoms with Crippen molar-refractivity contribution in [1.29, 1.82) is 0 Å². The van der Waals surface area contributed by atoms with Crippen LogP contribution in [-0.4, -0.2) is 36.0 Å². The van der Waals surface area contributed by atoms with Gasteiger partial charge in [-0.1, -0.05) is 0 Å². The lowest BCUT2D eigenvalue weighted by Crippen LogP contribution is -2.76. The second kappa shape index (κ2) is 2.94. The molecule has 0 atom stereocenters. The van der Waals surface area contributed by atoms with Crippen LogP contribution in [0.25, 0.3) is 0 Å². The Hall–Kier alpha value is -2.12. The van der Waals surface area contributed by atoms with Gasteiger partial charge in [0.1, 0.15) is 0 Å². The number of imide groups is 2. The van der Waals surface area contributed by atoms with Crippen molar-refractivity contribution in [1.82, 2.24) is 21.3 Å². The van der Waals surface area contributed by atoms with E-state index in [2.05, 4.69) is 10.6 Å². The Bertz CT molecular complexity index is 357. The van der Waals surface area contributed by atoms with Crippen LogP contribution in [0.5, 0.6) is 0 Å². The molecule has 0 unspecified atom stereocenters. The van der Waals surface area contributed by atoms with Crippen LogP contribution in [0.2, 0.25) is 0 Å². The van der Waals surface area contributed by atoms with Gasteiger partial charge in [-0.25, -0.2) is 9.59 Å². The maximum atomic E-state index is 11.5. The third-order valence-corrected chi connectivity index (χ3v) is 2.34. The van der Waals surface area contributed by atoms with Crippen molar-refractivity contribution < 1.29 is 19.2 Å². The summed E-state index contributed by atoms with van der Waals surface area (Å²) in [5.41, 5.74) is -1.66. The molecular weight excluding hydrogens is 204 g/mol. The molecule has 8 nitrogen and oxygen atoms in total. The minimum Gasteiger partial charge on any atom is -0.338 e. The van der Waals surface area contributed by atoms with E-state index in [4.69, 9.17) is 0 Å². The van der Waals surface area contributed by atoms with E-state index in [-0.39, 0.29) is 13.0 Å². The molecule has 0 aromatic rings. The molecular formula is C7H8N4O4. The molecule has 80 valence electrons. The average Bonchev–Trinajstić information content (AvgIpc) is 2.15. The largest absolute Gasteiger partial charge is 0.338 e. The highest BCUT2D eigenvalue weighted by molar-refractivity contribution is 6.23. The first-order valence-electron chi connectivity index (χ1n) is 4.27. The fraction of sp³-hybridized carbons (Fsp3) is 0.429. The van der Waals surface area contributed by atoms with Crippen molar-refractivity contribution >= 4 is 23.9 Å². The van der Waals surface area contributed by atoms with E-state index in [1.54, 1.807) is 0 Å². The van der Waals surface area contributed by atoms with E-state index in [0.717, 1.165) is 0 Å². The third-order valence-electron chi connectivity index (χ3n) is 2.34. The minimum atomic E-state index is -1.66. The molecule has 2 rings (SSSR count). The van der Waals surface area contributed by atoms with Gasteiger partial charge in [0, 0.05) is 13.0 Å². The van der Waals surface area contributed by atoms with Crippen molar-refractivity contribution in [3.05, 3.63) is 0 Å². The zero-order chi connectivity index (χ0) is 11.1. The molecule has 2 aliphatic heterocycles. The molecule has 2 heterocycles. The van der Waals surface area contributed by atoms with E-state index < -0.39 is 29.4 Å². The van der Waals surface area contributed by atoms with Crippen LogP contribution < -0.4 is 21.3 Å². The van der Waals surface area contributed by atoms with E-state index >= 15 is 0 Å². The molecule has 2 saturated heterocycles. The molecule has 4 N–H and O–H groups in total. The summed E-state index contributed by atoms with van der Waals surface area (Å²) in [5.74, 6) is -1.60. The number of carbonyl (C=O) groups excluding carboxylic acids is 4. The van der Waals surface area contributed by atoms with Crippen molar-refractivity contribution in [3.63, 3.8) is 0 Å². The van der Waals surface area contributed by atoms with Crippen LogP contribution in [0.15, 0.2) is 0 Å². The maximum absolute atomic E-state index is 11.5. The van der Waals surface area contributed by atoms with Crippen LogP contribution in [0, 0.1) is 0 Å². The summed E-state index contributed by atoms with van der Waals surface area (Å²) in [6.45, 7) is 0.195. The van der Waals surface area contributed by atoms with Gasteiger partial charge in [-0.15, -0.1) is 0 Å². The third kappa shape index (κ3) is 1.30. The van der Waals surface area contributed by atoms with Gasteiger partial charge in [-0.3, -0.25) is 20.2 Å². The summed E-state index contributed by atoms with van der Waals surface area (Å²) in [5, 5.41) is 8.51. The van der Waals surface area contributed by atoms with Crippen molar-refractivity contribution in [2.24, 2.45) is 0 Å². The molecule has 2 aliphatic rings. The van der Waals surface area contributed by atoms with Gasteiger partial charge < -0.3 is 10.6 Å². The number of nitrogens with one attached hydrogen (secondary N) is 4. The van der Waals surface area contributed by atoms with Gasteiger partial charge >= 0.3 is 12.1 Å². The Morgan fingerprint density at radius 1 is 0.933 bits per heavy atom. The Kier molecular flexibility index (Phi) is 1.85. The fourth-order valence-corrected chi connectivity index (χ4v) is 1.56. The van der Waals surface area contributed by atoms with Crippen molar-refractivity contribution in [2.75, 3.05) is 6.54 Å². The first kappa shape index (κ1) is 9.44.